The van der Waals surface area contributed by atoms with E-state index >= 15 is 0 Å². The summed E-state index contributed by atoms with van der Waals surface area (Å²) in [5.41, 5.74) is 5.09. The van der Waals surface area contributed by atoms with Crippen molar-refractivity contribution in [1.29, 1.82) is 0 Å². The van der Waals surface area contributed by atoms with Gasteiger partial charge >= 0.3 is 0 Å². The summed E-state index contributed by atoms with van der Waals surface area (Å²) in [4.78, 5) is 13.3. The van der Waals surface area contributed by atoms with Gasteiger partial charge in [0.2, 0.25) is 5.91 Å². The summed E-state index contributed by atoms with van der Waals surface area (Å²) < 4.78 is 1.95. The minimum Gasteiger partial charge on any atom is -0.323 e. The van der Waals surface area contributed by atoms with Crippen LogP contribution in [0.25, 0.3) is 0 Å². The molecule has 1 aromatic carbocycles. The monoisotopic (exact) mass is 339 g/mol. The van der Waals surface area contributed by atoms with E-state index in [0.29, 0.717) is 13.0 Å². The highest BCUT2D eigenvalue weighted by Gasteiger charge is 2.15. The van der Waals surface area contributed by atoms with Crippen molar-refractivity contribution in [3.05, 3.63) is 69.2 Å². The van der Waals surface area contributed by atoms with Crippen LogP contribution in [-0.2, 0) is 17.8 Å². The molecule has 0 fully saturated rings. The number of amides is 1. The van der Waals surface area contributed by atoms with Crippen LogP contribution in [0.15, 0.2) is 41.8 Å². The second-order valence-corrected chi connectivity index (χ2v) is 7.03. The maximum atomic E-state index is 12.2. The minimum absolute atomic E-state index is 0.00136. The molecule has 3 rings (SSSR count). The van der Waals surface area contributed by atoms with E-state index in [-0.39, 0.29) is 5.91 Å². The molecule has 3 aromatic rings. The van der Waals surface area contributed by atoms with Gasteiger partial charge in [0.1, 0.15) is 0 Å². The molecule has 2 aromatic heterocycles. The summed E-state index contributed by atoms with van der Waals surface area (Å²) in [6.07, 6.45) is 0.402. The van der Waals surface area contributed by atoms with Gasteiger partial charge in [0.25, 0.3) is 0 Å². The Labute approximate surface area is 146 Å². The summed E-state index contributed by atoms with van der Waals surface area (Å²) in [5, 5.41) is 9.58. The zero-order valence-corrected chi connectivity index (χ0v) is 15.0. The number of hydrogen-bond donors (Lipinski definition) is 1. The molecule has 2 heterocycles. The van der Waals surface area contributed by atoms with Gasteiger partial charge in [0.15, 0.2) is 0 Å². The Morgan fingerprint density at radius 1 is 1.17 bits per heavy atom. The van der Waals surface area contributed by atoms with Gasteiger partial charge in [0.05, 0.1) is 30.0 Å². The van der Waals surface area contributed by atoms with Crippen molar-refractivity contribution in [2.24, 2.45) is 0 Å². The van der Waals surface area contributed by atoms with Crippen LogP contribution in [0.2, 0.25) is 0 Å². The van der Waals surface area contributed by atoms with E-state index in [4.69, 9.17) is 0 Å². The highest BCUT2D eigenvalue weighted by atomic mass is 32.1. The van der Waals surface area contributed by atoms with Gasteiger partial charge < -0.3 is 5.32 Å². The fourth-order valence-electron chi connectivity index (χ4n) is 2.65. The molecule has 1 amide bonds. The third-order valence-corrected chi connectivity index (χ3v) is 4.89. The molecule has 5 heteroatoms. The SMILES string of the molecule is Cc1ccc(Cn2nc(C)c(NC(=O)Cc3cccs3)c2C)cc1. The quantitative estimate of drug-likeness (QED) is 0.761. The second-order valence-electron chi connectivity index (χ2n) is 5.99. The number of anilines is 1. The number of thiophene rings is 1. The highest BCUT2D eigenvalue weighted by molar-refractivity contribution is 7.10. The topological polar surface area (TPSA) is 46.9 Å². The first-order valence-electron chi connectivity index (χ1n) is 7.94. The zero-order chi connectivity index (χ0) is 17.1. The van der Waals surface area contributed by atoms with Crippen LogP contribution in [0.3, 0.4) is 0 Å². The Bertz CT molecular complexity index is 832. The van der Waals surface area contributed by atoms with Crippen LogP contribution < -0.4 is 5.32 Å². The normalized spacial score (nSPS) is 10.8. The number of hydrogen-bond acceptors (Lipinski definition) is 3. The van der Waals surface area contributed by atoms with Crippen LogP contribution in [0.1, 0.15) is 27.4 Å². The van der Waals surface area contributed by atoms with E-state index in [2.05, 4.69) is 41.6 Å². The van der Waals surface area contributed by atoms with Gasteiger partial charge in [-0.05, 0) is 37.8 Å². The van der Waals surface area contributed by atoms with E-state index in [0.717, 1.165) is 22.0 Å². The Kier molecular flexibility index (Phi) is 4.81. The largest absolute Gasteiger partial charge is 0.323 e. The Morgan fingerprint density at radius 2 is 1.92 bits per heavy atom. The van der Waals surface area contributed by atoms with Crippen molar-refractivity contribution >= 4 is 22.9 Å². The fraction of sp³-hybridized carbons (Fsp3) is 0.263. The van der Waals surface area contributed by atoms with Crippen LogP contribution in [0.5, 0.6) is 0 Å². The number of carbonyl (C=O) groups is 1. The molecule has 0 unspecified atom stereocenters. The predicted octanol–water partition coefficient (Wildman–Crippen LogP) is 4.10. The molecule has 0 aliphatic heterocycles. The minimum atomic E-state index is -0.00136. The second kappa shape index (κ2) is 7.01. The van der Waals surface area contributed by atoms with Crippen molar-refractivity contribution in [3.63, 3.8) is 0 Å². The van der Waals surface area contributed by atoms with E-state index in [1.165, 1.54) is 11.1 Å². The molecular formula is C19H21N3OS. The number of nitrogens with one attached hydrogen (secondary N) is 1. The molecule has 0 saturated carbocycles. The van der Waals surface area contributed by atoms with Gasteiger partial charge in [-0.25, -0.2) is 0 Å². The smallest absolute Gasteiger partial charge is 0.229 e. The van der Waals surface area contributed by atoms with E-state index < -0.39 is 0 Å². The summed E-state index contributed by atoms with van der Waals surface area (Å²) in [6, 6.07) is 12.4. The van der Waals surface area contributed by atoms with Crippen molar-refractivity contribution in [1.82, 2.24) is 9.78 Å². The molecule has 0 saturated heterocycles. The predicted molar refractivity (Wildman–Crippen MR) is 98.6 cm³/mol. The molecular weight excluding hydrogens is 318 g/mol. The van der Waals surface area contributed by atoms with Gasteiger partial charge in [0, 0.05) is 4.88 Å². The number of nitrogens with zero attached hydrogens (tertiary/aromatic N) is 2. The number of rotatable bonds is 5. The number of carbonyl (C=O) groups excluding carboxylic acids is 1. The lowest BCUT2D eigenvalue weighted by atomic mass is 10.1. The Hall–Kier alpha value is -2.40. The molecule has 0 spiro atoms. The number of aryl methyl sites for hydroxylation is 2. The summed E-state index contributed by atoms with van der Waals surface area (Å²) in [5.74, 6) is -0.00136. The Morgan fingerprint density at radius 3 is 2.58 bits per heavy atom. The van der Waals surface area contributed by atoms with Gasteiger partial charge in [-0.3, -0.25) is 9.48 Å². The standard InChI is InChI=1S/C19H21N3OS/c1-13-6-8-16(9-7-13)12-22-15(3)19(14(2)21-22)20-18(23)11-17-5-4-10-24-17/h4-10H,11-12H2,1-3H3,(H,20,23). The van der Waals surface area contributed by atoms with Crippen molar-refractivity contribution in [3.8, 4) is 0 Å². The molecule has 1 N–H and O–H groups in total. The maximum Gasteiger partial charge on any atom is 0.229 e. The maximum absolute atomic E-state index is 12.2. The van der Waals surface area contributed by atoms with Crippen LogP contribution >= 0.6 is 11.3 Å². The molecule has 24 heavy (non-hydrogen) atoms. The van der Waals surface area contributed by atoms with Gasteiger partial charge in [-0.15, -0.1) is 11.3 Å². The van der Waals surface area contributed by atoms with E-state index in [1.54, 1.807) is 11.3 Å². The fourth-order valence-corrected chi connectivity index (χ4v) is 3.36. The van der Waals surface area contributed by atoms with Crippen LogP contribution in [0.4, 0.5) is 5.69 Å². The van der Waals surface area contributed by atoms with Crippen LogP contribution in [-0.4, -0.2) is 15.7 Å². The highest BCUT2D eigenvalue weighted by Crippen LogP contribution is 2.21. The van der Waals surface area contributed by atoms with Gasteiger partial charge in [-0.1, -0.05) is 35.9 Å². The molecule has 124 valence electrons. The van der Waals surface area contributed by atoms with E-state index in [9.17, 15) is 4.79 Å². The molecule has 0 aliphatic carbocycles. The van der Waals surface area contributed by atoms with Crippen molar-refractivity contribution < 1.29 is 4.79 Å². The lowest BCUT2D eigenvalue weighted by Gasteiger charge is -2.07. The molecule has 0 bridgehead atoms. The van der Waals surface area contributed by atoms with Crippen molar-refractivity contribution in [2.75, 3.05) is 5.32 Å². The first-order chi connectivity index (χ1) is 11.5. The third kappa shape index (κ3) is 3.74. The number of aromatic nitrogens is 2. The third-order valence-electron chi connectivity index (χ3n) is 4.01. The molecule has 4 nitrogen and oxygen atoms in total. The molecule has 0 radical (unpaired) electrons. The number of benzene rings is 1. The average Bonchev–Trinajstić information content (AvgIpc) is 3.14. The zero-order valence-electron chi connectivity index (χ0n) is 14.2. The van der Waals surface area contributed by atoms with Crippen molar-refractivity contribution in [2.45, 2.75) is 33.7 Å². The first-order valence-corrected chi connectivity index (χ1v) is 8.82. The summed E-state index contributed by atoms with van der Waals surface area (Å²) >= 11 is 1.60. The molecule has 0 aliphatic rings. The van der Waals surface area contributed by atoms with Gasteiger partial charge in [-0.2, -0.15) is 5.10 Å². The van der Waals surface area contributed by atoms with Crippen LogP contribution in [0, 0.1) is 20.8 Å². The lowest BCUT2D eigenvalue weighted by molar-refractivity contribution is -0.115. The summed E-state index contributed by atoms with van der Waals surface area (Å²) in [6.45, 7) is 6.70. The molecule has 0 atom stereocenters. The van der Waals surface area contributed by atoms with E-state index in [1.807, 2.05) is 36.0 Å². The first kappa shape index (κ1) is 16.5. The summed E-state index contributed by atoms with van der Waals surface area (Å²) in [7, 11) is 0. The lowest BCUT2D eigenvalue weighted by Crippen LogP contribution is -2.15. The average molecular weight is 339 g/mol. The Balaban J connectivity index is 1.73.